The van der Waals surface area contributed by atoms with E-state index in [-0.39, 0.29) is 12.1 Å². The van der Waals surface area contributed by atoms with Gasteiger partial charge in [0.25, 0.3) is 0 Å². The number of fused-ring (bicyclic) bond motifs is 2. The molecular formula is C26H35N7O2. The molecule has 4 rings (SSSR count). The van der Waals surface area contributed by atoms with Crippen molar-refractivity contribution in [1.29, 1.82) is 5.26 Å². The van der Waals surface area contributed by atoms with Gasteiger partial charge in [-0.3, -0.25) is 4.98 Å². The molecule has 2 aromatic heterocycles. The number of amides is 1. The van der Waals surface area contributed by atoms with Crippen LogP contribution in [0, 0.1) is 29.1 Å². The zero-order chi connectivity index (χ0) is 24.8. The molecule has 3 N–H and O–H groups in total. The first-order valence-electron chi connectivity index (χ1n) is 12.4. The van der Waals surface area contributed by atoms with Gasteiger partial charge >= 0.3 is 6.09 Å². The Bertz CT molecular complexity index is 1030. The molecule has 1 amide bonds. The molecule has 2 heterocycles. The molecule has 2 aliphatic rings. The Morgan fingerprint density at radius 2 is 1.97 bits per heavy atom. The Morgan fingerprint density at radius 1 is 1.20 bits per heavy atom. The molecular weight excluding hydrogens is 442 g/mol. The molecule has 0 saturated heterocycles. The van der Waals surface area contributed by atoms with Crippen molar-refractivity contribution in [3.05, 3.63) is 41.9 Å². The van der Waals surface area contributed by atoms with Crippen LogP contribution in [0.2, 0.25) is 0 Å². The fourth-order valence-electron chi connectivity index (χ4n) is 5.32. The van der Waals surface area contributed by atoms with Crippen LogP contribution in [0.15, 0.2) is 30.7 Å². The molecule has 2 saturated carbocycles. The monoisotopic (exact) mass is 477 g/mol. The molecule has 35 heavy (non-hydrogen) atoms. The lowest BCUT2D eigenvalue weighted by Crippen LogP contribution is -2.52. The zero-order valence-electron chi connectivity index (χ0n) is 20.8. The summed E-state index contributed by atoms with van der Waals surface area (Å²) in [4.78, 5) is 25.3. The summed E-state index contributed by atoms with van der Waals surface area (Å²) in [5, 5.41) is 19.3. The van der Waals surface area contributed by atoms with Gasteiger partial charge in [0.15, 0.2) is 0 Å². The lowest BCUT2D eigenvalue weighted by atomic mass is 9.64. The molecule has 1 unspecified atom stereocenters. The van der Waals surface area contributed by atoms with Crippen LogP contribution in [-0.4, -0.2) is 39.2 Å². The average molecular weight is 478 g/mol. The van der Waals surface area contributed by atoms with Crippen LogP contribution < -0.4 is 16.0 Å². The normalized spacial score (nSPS) is 23.6. The van der Waals surface area contributed by atoms with E-state index in [9.17, 15) is 10.1 Å². The third kappa shape index (κ3) is 6.81. The summed E-state index contributed by atoms with van der Waals surface area (Å²) in [7, 11) is 0. The predicted octanol–water partition coefficient (Wildman–Crippen LogP) is 4.49. The van der Waals surface area contributed by atoms with E-state index in [1.165, 1.54) is 6.42 Å². The van der Waals surface area contributed by atoms with Gasteiger partial charge in [-0.1, -0.05) is 12.5 Å². The molecule has 2 fully saturated rings. The number of carbonyl (C=O) groups excluding carboxylic acids is 1. The molecule has 0 spiro atoms. The average Bonchev–Trinajstić information content (AvgIpc) is 2.81. The number of nitrogens with zero attached hydrogens (tertiary/aromatic N) is 4. The van der Waals surface area contributed by atoms with Gasteiger partial charge < -0.3 is 20.7 Å². The third-order valence-electron chi connectivity index (χ3n) is 6.76. The van der Waals surface area contributed by atoms with Gasteiger partial charge in [0.1, 0.15) is 23.1 Å². The van der Waals surface area contributed by atoms with Crippen LogP contribution in [0.1, 0.15) is 64.0 Å². The Labute approximate surface area is 207 Å². The minimum Gasteiger partial charge on any atom is -0.444 e. The van der Waals surface area contributed by atoms with E-state index in [2.05, 4.69) is 37.0 Å². The fourth-order valence-corrected chi connectivity index (χ4v) is 5.32. The molecule has 4 atom stereocenters. The molecule has 2 aromatic rings. The minimum absolute atomic E-state index is 0.173. The molecule has 0 aromatic carbocycles. The Hall–Kier alpha value is -3.41. The SMILES string of the molecule is CC(C)(C)OC(=O)N[C@@H]1[C@@H]2CCC[C@H]1CC(CNc1nc(NCc3cccnc3)ncc1C#N)C2. The Balaban J connectivity index is 1.35. The minimum atomic E-state index is -0.498. The van der Waals surface area contributed by atoms with E-state index in [1.54, 1.807) is 18.6 Å². The van der Waals surface area contributed by atoms with Crippen molar-refractivity contribution in [3.8, 4) is 6.07 Å². The number of hydrogen-bond donors (Lipinski definition) is 3. The maximum atomic E-state index is 12.4. The number of nitrogens with one attached hydrogen (secondary N) is 3. The maximum Gasteiger partial charge on any atom is 0.407 e. The molecule has 9 heteroatoms. The van der Waals surface area contributed by atoms with E-state index >= 15 is 0 Å². The van der Waals surface area contributed by atoms with Gasteiger partial charge in [-0.15, -0.1) is 0 Å². The van der Waals surface area contributed by atoms with Gasteiger partial charge in [0, 0.05) is 31.5 Å². The highest BCUT2D eigenvalue weighted by molar-refractivity contribution is 5.68. The number of nitriles is 1. The number of pyridine rings is 1. The third-order valence-corrected chi connectivity index (χ3v) is 6.76. The van der Waals surface area contributed by atoms with Crippen LogP contribution in [0.5, 0.6) is 0 Å². The van der Waals surface area contributed by atoms with Gasteiger partial charge in [0.2, 0.25) is 5.95 Å². The van der Waals surface area contributed by atoms with Crippen molar-refractivity contribution in [2.24, 2.45) is 17.8 Å². The summed E-state index contributed by atoms with van der Waals surface area (Å²) in [6.07, 6.45) is 10.3. The number of anilines is 2. The number of hydrogen-bond acceptors (Lipinski definition) is 8. The van der Waals surface area contributed by atoms with Crippen molar-refractivity contribution in [2.45, 2.75) is 71.1 Å². The highest BCUT2D eigenvalue weighted by atomic mass is 16.6. The van der Waals surface area contributed by atoms with Gasteiger partial charge in [0.05, 0.1) is 6.20 Å². The Morgan fingerprint density at radius 3 is 2.63 bits per heavy atom. The van der Waals surface area contributed by atoms with E-state index in [4.69, 9.17) is 4.74 Å². The lowest BCUT2D eigenvalue weighted by molar-refractivity contribution is 0.0324. The second kappa shape index (κ2) is 10.9. The van der Waals surface area contributed by atoms with Crippen LogP contribution >= 0.6 is 0 Å². The maximum absolute atomic E-state index is 12.4. The van der Waals surface area contributed by atoms with Gasteiger partial charge in [-0.2, -0.15) is 10.2 Å². The highest BCUT2D eigenvalue weighted by Gasteiger charge is 2.41. The number of alkyl carbamates (subject to hydrolysis) is 1. The number of carbonyl (C=O) groups is 1. The summed E-state index contributed by atoms with van der Waals surface area (Å²) in [6, 6.07) is 6.22. The Kier molecular flexibility index (Phi) is 7.69. The van der Waals surface area contributed by atoms with Crippen molar-refractivity contribution >= 4 is 17.9 Å². The van der Waals surface area contributed by atoms with Crippen molar-refractivity contribution in [1.82, 2.24) is 20.3 Å². The van der Waals surface area contributed by atoms with E-state index in [0.29, 0.717) is 41.6 Å². The smallest absolute Gasteiger partial charge is 0.407 e. The fraction of sp³-hybridized carbons (Fsp3) is 0.577. The molecule has 0 aliphatic heterocycles. The standard InChI is InChI=1S/C26H35N7O2/c1-26(2,3)35-25(34)32-22-19-7-4-8-20(22)11-18(10-19)15-29-23-21(12-27)16-31-24(33-23)30-14-17-6-5-9-28-13-17/h5-6,9,13,16,18-20,22H,4,7-8,10-11,14-15H2,1-3H3,(H,32,34)(H2,29,30,31,33)/t18?,19-,20+,22-. The lowest BCUT2D eigenvalue weighted by Gasteiger charge is -2.46. The highest BCUT2D eigenvalue weighted by Crippen LogP contribution is 2.43. The van der Waals surface area contributed by atoms with Crippen molar-refractivity contribution in [2.75, 3.05) is 17.2 Å². The van der Waals surface area contributed by atoms with Crippen LogP contribution in [0.25, 0.3) is 0 Å². The topological polar surface area (TPSA) is 125 Å². The quantitative estimate of drug-likeness (QED) is 0.533. The summed E-state index contributed by atoms with van der Waals surface area (Å²) >= 11 is 0. The number of aromatic nitrogens is 3. The van der Waals surface area contributed by atoms with Gasteiger partial charge in [-0.05, 0) is 75.8 Å². The summed E-state index contributed by atoms with van der Waals surface area (Å²) in [5.41, 5.74) is 0.956. The van der Waals surface area contributed by atoms with E-state index in [0.717, 1.165) is 37.8 Å². The molecule has 9 nitrogen and oxygen atoms in total. The van der Waals surface area contributed by atoms with E-state index in [1.807, 2.05) is 32.9 Å². The first kappa shape index (κ1) is 24.7. The van der Waals surface area contributed by atoms with E-state index < -0.39 is 5.60 Å². The van der Waals surface area contributed by atoms with Crippen molar-refractivity contribution < 1.29 is 9.53 Å². The molecule has 0 radical (unpaired) electrons. The zero-order valence-corrected chi connectivity index (χ0v) is 20.8. The number of ether oxygens (including phenoxy) is 1. The summed E-state index contributed by atoms with van der Waals surface area (Å²) in [6.45, 7) is 6.95. The van der Waals surface area contributed by atoms with Crippen LogP contribution in [0.3, 0.4) is 0 Å². The largest absolute Gasteiger partial charge is 0.444 e. The molecule has 2 bridgehead atoms. The first-order valence-corrected chi connectivity index (χ1v) is 12.4. The predicted molar refractivity (Wildman–Crippen MR) is 134 cm³/mol. The van der Waals surface area contributed by atoms with Crippen LogP contribution in [-0.2, 0) is 11.3 Å². The number of rotatable bonds is 7. The first-order chi connectivity index (χ1) is 16.8. The van der Waals surface area contributed by atoms with Crippen molar-refractivity contribution in [3.63, 3.8) is 0 Å². The second-order valence-corrected chi connectivity index (χ2v) is 10.6. The second-order valence-electron chi connectivity index (χ2n) is 10.6. The van der Waals surface area contributed by atoms with Crippen LogP contribution in [0.4, 0.5) is 16.6 Å². The molecule has 2 aliphatic carbocycles. The summed E-state index contributed by atoms with van der Waals surface area (Å²) < 4.78 is 5.51. The summed E-state index contributed by atoms with van der Waals surface area (Å²) in [5.74, 6) is 2.36. The van der Waals surface area contributed by atoms with Gasteiger partial charge in [-0.25, -0.2) is 9.78 Å². The molecule has 186 valence electrons.